The highest BCUT2D eigenvalue weighted by atomic mass is 16.5. The van der Waals surface area contributed by atoms with Crippen molar-refractivity contribution in [2.24, 2.45) is 0 Å². The maximum Gasteiger partial charge on any atom is 0.257 e. The van der Waals surface area contributed by atoms with E-state index in [-0.39, 0.29) is 11.9 Å². The molecule has 0 aliphatic carbocycles. The van der Waals surface area contributed by atoms with E-state index in [1.165, 1.54) is 7.11 Å². The number of amides is 1. The van der Waals surface area contributed by atoms with E-state index < -0.39 is 0 Å². The number of nitrogens with two attached hydrogens (primary N) is 1. The van der Waals surface area contributed by atoms with Gasteiger partial charge in [-0.05, 0) is 25.0 Å². The maximum atomic E-state index is 12.4. The average molecular weight is 250 g/mol. The number of carbonyl (C=O) groups excluding carboxylic acids is 1. The van der Waals surface area contributed by atoms with Crippen molar-refractivity contribution in [2.45, 2.75) is 32.7 Å². The number of ether oxygens (including phenoxy) is 1. The van der Waals surface area contributed by atoms with Crippen molar-refractivity contribution >= 4 is 11.6 Å². The SMILES string of the molecule is CCC(CC)N(C)C(=O)c1cccc(N)c1OC. The van der Waals surface area contributed by atoms with E-state index in [1.807, 2.05) is 7.05 Å². The number of carbonyl (C=O) groups is 1. The number of methoxy groups -OCH3 is 1. The summed E-state index contributed by atoms with van der Waals surface area (Å²) in [6, 6.07) is 5.48. The van der Waals surface area contributed by atoms with Crippen LogP contribution in [0.15, 0.2) is 18.2 Å². The molecule has 0 saturated heterocycles. The third-order valence-corrected chi connectivity index (χ3v) is 3.29. The molecule has 0 fully saturated rings. The third kappa shape index (κ3) is 2.75. The summed E-state index contributed by atoms with van der Waals surface area (Å²) < 4.78 is 5.22. The molecule has 1 amide bonds. The quantitative estimate of drug-likeness (QED) is 0.817. The van der Waals surface area contributed by atoms with Crippen LogP contribution >= 0.6 is 0 Å². The van der Waals surface area contributed by atoms with E-state index in [1.54, 1.807) is 23.1 Å². The monoisotopic (exact) mass is 250 g/mol. The van der Waals surface area contributed by atoms with Crippen molar-refractivity contribution < 1.29 is 9.53 Å². The third-order valence-electron chi connectivity index (χ3n) is 3.29. The van der Waals surface area contributed by atoms with E-state index >= 15 is 0 Å². The van der Waals surface area contributed by atoms with Gasteiger partial charge in [-0.25, -0.2) is 0 Å². The van der Waals surface area contributed by atoms with Gasteiger partial charge in [0.05, 0.1) is 18.4 Å². The number of hydrogen-bond donors (Lipinski definition) is 1. The minimum Gasteiger partial charge on any atom is -0.494 e. The Bertz CT molecular complexity index is 414. The first-order valence-electron chi connectivity index (χ1n) is 6.26. The molecule has 0 heterocycles. The first-order valence-corrected chi connectivity index (χ1v) is 6.26. The van der Waals surface area contributed by atoms with Crippen LogP contribution in [0.5, 0.6) is 5.75 Å². The number of nitrogen functional groups attached to an aromatic ring is 1. The maximum absolute atomic E-state index is 12.4. The zero-order valence-corrected chi connectivity index (χ0v) is 11.6. The summed E-state index contributed by atoms with van der Waals surface area (Å²) in [5.41, 5.74) is 6.82. The number of hydrogen-bond acceptors (Lipinski definition) is 3. The first-order chi connectivity index (χ1) is 8.56. The normalized spacial score (nSPS) is 10.5. The van der Waals surface area contributed by atoms with E-state index in [4.69, 9.17) is 10.5 Å². The molecule has 0 unspecified atom stereocenters. The molecular weight excluding hydrogens is 228 g/mol. The van der Waals surface area contributed by atoms with Crippen molar-refractivity contribution in [1.29, 1.82) is 0 Å². The number of benzene rings is 1. The van der Waals surface area contributed by atoms with Crippen LogP contribution < -0.4 is 10.5 Å². The second-order valence-electron chi connectivity index (χ2n) is 4.31. The fraction of sp³-hybridized carbons (Fsp3) is 0.500. The molecule has 1 aromatic carbocycles. The Morgan fingerprint density at radius 2 is 2.00 bits per heavy atom. The molecule has 1 rings (SSSR count). The Kier molecular flexibility index (Phi) is 5.01. The van der Waals surface area contributed by atoms with Crippen molar-refractivity contribution in [1.82, 2.24) is 4.90 Å². The van der Waals surface area contributed by atoms with Gasteiger partial charge in [0.1, 0.15) is 0 Å². The molecule has 4 nitrogen and oxygen atoms in total. The summed E-state index contributed by atoms with van der Waals surface area (Å²) in [7, 11) is 3.35. The van der Waals surface area contributed by atoms with Crippen LogP contribution in [0.3, 0.4) is 0 Å². The average Bonchev–Trinajstić information content (AvgIpc) is 2.38. The van der Waals surface area contributed by atoms with Gasteiger partial charge in [-0.1, -0.05) is 19.9 Å². The molecule has 4 heteroatoms. The summed E-state index contributed by atoms with van der Waals surface area (Å²) in [4.78, 5) is 14.2. The highest BCUT2D eigenvalue weighted by molar-refractivity contribution is 5.98. The van der Waals surface area contributed by atoms with E-state index in [2.05, 4.69) is 13.8 Å². The van der Waals surface area contributed by atoms with E-state index in [9.17, 15) is 4.79 Å². The van der Waals surface area contributed by atoms with Gasteiger partial charge in [-0.2, -0.15) is 0 Å². The lowest BCUT2D eigenvalue weighted by Crippen LogP contribution is -2.36. The lowest BCUT2D eigenvalue weighted by Gasteiger charge is -2.27. The van der Waals surface area contributed by atoms with Gasteiger partial charge in [0.15, 0.2) is 5.75 Å². The van der Waals surface area contributed by atoms with Gasteiger partial charge >= 0.3 is 0 Å². The summed E-state index contributed by atoms with van der Waals surface area (Å²) in [6.07, 6.45) is 1.87. The fourth-order valence-corrected chi connectivity index (χ4v) is 2.14. The lowest BCUT2D eigenvalue weighted by atomic mass is 10.1. The molecule has 0 atom stereocenters. The van der Waals surface area contributed by atoms with Gasteiger partial charge < -0.3 is 15.4 Å². The van der Waals surface area contributed by atoms with Crippen LogP contribution in [-0.4, -0.2) is 31.0 Å². The molecule has 0 aliphatic rings. The molecule has 0 spiro atoms. The summed E-state index contributed by atoms with van der Waals surface area (Å²) >= 11 is 0. The summed E-state index contributed by atoms with van der Waals surface area (Å²) in [5.74, 6) is 0.410. The number of para-hydroxylation sites is 1. The molecule has 0 bridgehead atoms. The smallest absolute Gasteiger partial charge is 0.257 e. The second-order valence-corrected chi connectivity index (χ2v) is 4.31. The van der Waals surface area contributed by atoms with E-state index in [0.29, 0.717) is 17.0 Å². The van der Waals surface area contributed by atoms with Crippen LogP contribution in [0.1, 0.15) is 37.0 Å². The van der Waals surface area contributed by atoms with Crippen molar-refractivity contribution in [3.8, 4) is 5.75 Å². The Labute approximate surface area is 109 Å². The minimum atomic E-state index is -0.0483. The van der Waals surface area contributed by atoms with Crippen LogP contribution in [0, 0.1) is 0 Å². The number of nitrogens with zero attached hydrogens (tertiary/aromatic N) is 1. The van der Waals surface area contributed by atoms with Crippen LogP contribution in [0.2, 0.25) is 0 Å². The van der Waals surface area contributed by atoms with Crippen LogP contribution in [-0.2, 0) is 0 Å². The highest BCUT2D eigenvalue weighted by Crippen LogP contribution is 2.27. The largest absolute Gasteiger partial charge is 0.494 e. The molecule has 0 radical (unpaired) electrons. The molecule has 0 aromatic heterocycles. The standard InChI is InChI=1S/C14H22N2O2/c1-5-10(6-2)16(3)14(17)11-8-7-9-12(15)13(11)18-4/h7-10H,5-6,15H2,1-4H3. The molecule has 0 saturated carbocycles. The van der Waals surface area contributed by atoms with Gasteiger partial charge in [0, 0.05) is 13.1 Å². The van der Waals surface area contributed by atoms with Gasteiger partial charge in [0.25, 0.3) is 5.91 Å². The lowest BCUT2D eigenvalue weighted by molar-refractivity contribution is 0.0720. The summed E-state index contributed by atoms with van der Waals surface area (Å²) in [5, 5.41) is 0. The highest BCUT2D eigenvalue weighted by Gasteiger charge is 2.22. The molecule has 1 aromatic rings. The van der Waals surface area contributed by atoms with Crippen molar-refractivity contribution in [3.05, 3.63) is 23.8 Å². The zero-order chi connectivity index (χ0) is 13.7. The first kappa shape index (κ1) is 14.4. The number of rotatable bonds is 5. The Balaban J connectivity index is 3.07. The van der Waals surface area contributed by atoms with Crippen molar-refractivity contribution in [2.75, 3.05) is 19.9 Å². The van der Waals surface area contributed by atoms with Crippen LogP contribution in [0.25, 0.3) is 0 Å². The zero-order valence-electron chi connectivity index (χ0n) is 11.6. The Hall–Kier alpha value is -1.71. The molecule has 18 heavy (non-hydrogen) atoms. The minimum absolute atomic E-state index is 0.0483. The van der Waals surface area contributed by atoms with Gasteiger partial charge in [-0.15, -0.1) is 0 Å². The van der Waals surface area contributed by atoms with Gasteiger partial charge in [0.2, 0.25) is 0 Å². The Morgan fingerprint density at radius 3 is 2.50 bits per heavy atom. The van der Waals surface area contributed by atoms with E-state index in [0.717, 1.165) is 12.8 Å². The molecule has 2 N–H and O–H groups in total. The predicted molar refractivity (Wildman–Crippen MR) is 73.9 cm³/mol. The van der Waals surface area contributed by atoms with Gasteiger partial charge in [-0.3, -0.25) is 4.79 Å². The molecule has 0 aliphatic heterocycles. The summed E-state index contributed by atoms with van der Waals surface area (Å²) in [6.45, 7) is 4.16. The van der Waals surface area contributed by atoms with Crippen molar-refractivity contribution in [3.63, 3.8) is 0 Å². The fourth-order valence-electron chi connectivity index (χ4n) is 2.14. The topological polar surface area (TPSA) is 55.6 Å². The Morgan fingerprint density at radius 1 is 1.39 bits per heavy atom. The molecule has 100 valence electrons. The second kappa shape index (κ2) is 6.28. The van der Waals surface area contributed by atoms with Crippen LogP contribution in [0.4, 0.5) is 5.69 Å². The molecular formula is C14H22N2O2. The number of anilines is 1. The predicted octanol–water partition coefficient (Wildman–Crippen LogP) is 2.54.